The molecular weight excluding hydrogens is 244 g/mol. The predicted molar refractivity (Wildman–Crippen MR) is 72.4 cm³/mol. The molecule has 2 rings (SSSR count). The number of aromatic hydroxyl groups is 1. The van der Waals surface area contributed by atoms with E-state index in [0.717, 1.165) is 6.54 Å². The fourth-order valence-corrected chi connectivity index (χ4v) is 2.28. The SMILES string of the molecule is CNCC1CN(C(=O)c2cccc(O)c2C)CCO1. The molecule has 0 bridgehead atoms. The van der Waals surface area contributed by atoms with Crippen LogP contribution in [0.15, 0.2) is 18.2 Å². The molecule has 19 heavy (non-hydrogen) atoms. The van der Waals surface area contributed by atoms with Gasteiger partial charge in [0.1, 0.15) is 5.75 Å². The number of amides is 1. The van der Waals surface area contributed by atoms with E-state index in [4.69, 9.17) is 4.74 Å². The zero-order chi connectivity index (χ0) is 13.8. The van der Waals surface area contributed by atoms with E-state index in [1.807, 2.05) is 7.05 Å². The molecule has 1 saturated heterocycles. The van der Waals surface area contributed by atoms with E-state index >= 15 is 0 Å². The molecule has 5 nitrogen and oxygen atoms in total. The van der Waals surface area contributed by atoms with Crippen molar-refractivity contribution in [2.75, 3.05) is 33.3 Å². The van der Waals surface area contributed by atoms with Gasteiger partial charge in [-0.05, 0) is 26.1 Å². The number of nitrogens with zero attached hydrogens (tertiary/aromatic N) is 1. The number of hydrogen-bond donors (Lipinski definition) is 2. The number of phenols is 1. The molecule has 0 aliphatic carbocycles. The number of hydrogen-bond acceptors (Lipinski definition) is 4. The van der Waals surface area contributed by atoms with Gasteiger partial charge in [-0.1, -0.05) is 6.07 Å². The van der Waals surface area contributed by atoms with Gasteiger partial charge in [-0.15, -0.1) is 0 Å². The van der Waals surface area contributed by atoms with Crippen molar-refractivity contribution in [3.8, 4) is 5.75 Å². The molecule has 1 amide bonds. The van der Waals surface area contributed by atoms with Crippen LogP contribution in [0.3, 0.4) is 0 Å². The summed E-state index contributed by atoms with van der Waals surface area (Å²) in [5, 5.41) is 12.7. The molecule has 1 aromatic rings. The summed E-state index contributed by atoms with van der Waals surface area (Å²) in [6, 6.07) is 5.04. The molecule has 1 aliphatic rings. The summed E-state index contributed by atoms with van der Waals surface area (Å²) in [4.78, 5) is 14.2. The minimum atomic E-state index is -0.0437. The summed E-state index contributed by atoms with van der Waals surface area (Å²) in [5.41, 5.74) is 1.19. The number of carbonyl (C=O) groups excluding carboxylic acids is 1. The van der Waals surface area contributed by atoms with E-state index in [-0.39, 0.29) is 17.8 Å². The van der Waals surface area contributed by atoms with Crippen LogP contribution < -0.4 is 5.32 Å². The molecular formula is C14H20N2O3. The standard InChI is InChI=1S/C14H20N2O3/c1-10-12(4-3-5-13(10)17)14(18)16-6-7-19-11(9-16)8-15-2/h3-5,11,15,17H,6-9H2,1-2H3. The molecule has 5 heteroatoms. The highest BCUT2D eigenvalue weighted by molar-refractivity contribution is 5.96. The molecule has 0 radical (unpaired) electrons. The minimum absolute atomic E-state index is 0.0281. The molecule has 1 aromatic carbocycles. The number of morpholine rings is 1. The summed E-state index contributed by atoms with van der Waals surface area (Å²) >= 11 is 0. The number of likely N-dealkylation sites (N-methyl/N-ethyl adjacent to an activating group) is 1. The van der Waals surface area contributed by atoms with Crippen LogP contribution in [-0.2, 0) is 4.74 Å². The van der Waals surface area contributed by atoms with Crippen molar-refractivity contribution in [2.45, 2.75) is 13.0 Å². The van der Waals surface area contributed by atoms with Crippen molar-refractivity contribution in [1.29, 1.82) is 0 Å². The number of rotatable bonds is 3. The Morgan fingerprint density at radius 2 is 2.37 bits per heavy atom. The number of ether oxygens (including phenoxy) is 1. The van der Waals surface area contributed by atoms with Crippen LogP contribution >= 0.6 is 0 Å². The van der Waals surface area contributed by atoms with Crippen molar-refractivity contribution in [3.05, 3.63) is 29.3 Å². The molecule has 1 atom stereocenters. The summed E-state index contributed by atoms with van der Waals surface area (Å²) in [5.74, 6) is 0.115. The molecule has 1 heterocycles. The zero-order valence-corrected chi connectivity index (χ0v) is 11.3. The highest BCUT2D eigenvalue weighted by Gasteiger charge is 2.25. The van der Waals surface area contributed by atoms with Crippen LogP contribution in [0.25, 0.3) is 0 Å². The number of phenolic OH excluding ortho intramolecular Hbond substituents is 1. The van der Waals surface area contributed by atoms with E-state index in [1.165, 1.54) is 0 Å². The lowest BCUT2D eigenvalue weighted by atomic mass is 10.1. The van der Waals surface area contributed by atoms with Gasteiger partial charge < -0.3 is 20.1 Å². The molecule has 0 aromatic heterocycles. The van der Waals surface area contributed by atoms with Crippen molar-refractivity contribution >= 4 is 5.91 Å². The lowest BCUT2D eigenvalue weighted by Gasteiger charge is -2.33. The summed E-state index contributed by atoms with van der Waals surface area (Å²) < 4.78 is 5.58. The first kappa shape index (κ1) is 13.8. The Labute approximate surface area is 113 Å². The van der Waals surface area contributed by atoms with Crippen molar-refractivity contribution in [1.82, 2.24) is 10.2 Å². The van der Waals surface area contributed by atoms with Gasteiger partial charge in [-0.25, -0.2) is 0 Å². The van der Waals surface area contributed by atoms with Gasteiger partial charge in [0.15, 0.2) is 0 Å². The maximum Gasteiger partial charge on any atom is 0.254 e. The Hall–Kier alpha value is -1.59. The third kappa shape index (κ3) is 3.05. The lowest BCUT2D eigenvalue weighted by Crippen LogP contribution is -2.48. The second kappa shape index (κ2) is 6.04. The molecule has 104 valence electrons. The molecule has 0 saturated carbocycles. The van der Waals surface area contributed by atoms with E-state index in [0.29, 0.717) is 30.8 Å². The fourth-order valence-electron chi connectivity index (χ4n) is 2.28. The molecule has 0 spiro atoms. The summed E-state index contributed by atoms with van der Waals surface area (Å²) in [7, 11) is 1.86. The van der Waals surface area contributed by atoms with Crippen LogP contribution in [0.5, 0.6) is 5.75 Å². The van der Waals surface area contributed by atoms with E-state index in [1.54, 1.807) is 30.0 Å². The quantitative estimate of drug-likeness (QED) is 0.846. The highest BCUT2D eigenvalue weighted by Crippen LogP contribution is 2.21. The van der Waals surface area contributed by atoms with Crippen LogP contribution in [-0.4, -0.2) is 55.3 Å². The molecule has 2 N–H and O–H groups in total. The van der Waals surface area contributed by atoms with Gasteiger partial charge in [-0.3, -0.25) is 4.79 Å². The van der Waals surface area contributed by atoms with Crippen LogP contribution in [0.1, 0.15) is 15.9 Å². The average Bonchev–Trinajstić information content (AvgIpc) is 2.42. The third-order valence-corrected chi connectivity index (χ3v) is 3.39. The smallest absolute Gasteiger partial charge is 0.254 e. The predicted octanol–water partition coefficient (Wildman–Crippen LogP) is 0.761. The number of benzene rings is 1. The second-order valence-corrected chi connectivity index (χ2v) is 4.75. The Morgan fingerprint density at radius 1 is 1.58 bits per heavy atom. The van der Waals surface area contributed by atoms with Gasteiger partial charge in [0.25, 0.3) is 5.91 Å². The Bertz CT molecular complexity index is 460. The normalized spacial score (nSPS) is 19.5. The minimum Gasteiger partial charge on any atom is -0.508 e. The Morgan fingerprint density at radius 3 is 3.11 bits per heavy atom. The van der Waals surface area contributed by atoms with E-state index < -0.39 is 0 Å². The monoisotopic (exact) mass is 264 g/mol. The lowest BCUT2D eigenvalue weighted by molar-refractivity contribution is -0.0196. The first-order valence-electron chi connectivity index (χ1n) is 6.47. The van der Waals surface area contributed by atoms with Crippen LogP contribution in [0.2, 0.25) is 0 Å². The largest absolute Gasteiger partial charge is 0.508 e. The summed E-state index contributed by atoms with van der Waals surface area (Å²) in [6.07, 6.45) is 0.0281. The first-order valence-corrected chi connectivity index (χ1v) is 6.47. The zero-order valence-electron chi connectivity index (χ0n) is 11.3. The molecule has 1 aliphatic heterocycles. The van der Waals surface area contributed by atoms with Crippen molar-refractivity contribution < 1.29 is 14.6 Å². The Kier molecular flexibility index (Phi) is 4.39. The second-order valence-electron chi connectivity index (χ2n) is 4.75. The third-order valence-electron chi connectivity index (χ3n) is 3.39. The maximum absolute atomic E-state index is 12.5. The maximum atomic E-state index is 12.5. The average molecular weight is 264 g/mol. The number of nitrogens with one attached hydrogen (secondary N) is 1. The Balaban J connectivity index is 2.12. The van der Waals surface area contributed by atoms with E-state index in [2.05, 4.69) is 5.32 Å². The van der Waals surface area contributed by atoms with Crippen LogP contribution in [0.4, 0.5) is 0 Å². The van der Waals surface area contributed by atoms with Crippen molar-refractivity contribution in [2.24, 2.45) is 0 Å². The molecule has 1 unspecified atom stereocenters. The van der Waals surface area contributed by atoms with Gasteiger partial charge in [0.2, 0.25) is 0 Å². The fraction of sp³-hybridized carbons (Fsp3) is 0.500. The van der Waals surface area contributed by atoms with Gasteiger partial charge in [0.05, 0.1) is 12.7 Å². The van der Waals surface area contributed by atoms with Gasteiger partial charge in [0, 0.05) is 30.8 Å². The van der Waals surface area contributed by atoms with Crippen LogP contribution in [0, 0.1) is 6.92 Å². The van der Waals surface area contributed by atoms with Crippen molar-refractivity contribution in [3.63, 3.8) is 0 Å². The van der Waals surface area contributed by atoms with Gasteiger partial charge in [-0.2, -0.15) is 0 Å². The number of carbonyl (C=O) groups is 1. The van der Waals surface area contributed by atoms with E-state index in [9.17, 15) is 9.90 Å². The molecule has 1 fully saturated rings. The highest BCUT2D eigenvalue weighted by atomic mass is 16.5. The van der Waals surface area contributed by atoms with Gasteiger partial charge >= 0.3 is 0 Å². The first-order chi connectivity index (χ1) is 9.13. The topological polar surface area (TPSA) is 61.8 Å². The summed E-state index contributed by atoms with van der Waals surface area (Å²) in [6.45, 7) is 4.20.